The summed E-state index contributed by atoms with van der Waals surface area (Å²) in [6.45, 7) is 3.06. The summed E-state index contributed by atoms with van der Waals surface area (Å²) in [5, 5.41) is 0.913. The van der Waals surface area contributed by atoms with Crippen LogP contribution in [0.1, 0.15) is 10.4 Å². The Morgan fingerprint density at radius 2 is 2.08 bits per heavy atom. The topological polar surface area (TPSA) is 64.2 Å². The van der Waals surface area contributed by atoms with Crippen LogP contribution < -0.4 is 4.90 Å². The zero-order valence-corrected chi connectivity index (χ0v) is 15.3. The van der Waals surface area contributed by atoms with Crippen LogP contribution in [0, 0.1) is 0 Å². The highest BCUT2D eigenvalue weighted by Gasteiger charge is 2.30. The van der Waals surface area contributed by atoms with Crippen molar-refractivity contribution in [3.63, 3.8) is 0 Å². The number of carbonyl (C=O) groups excluding carboxylic acids is 3. The molecule has 0 spiro atoms. The molecule has 0 N–H and O–H groups in total. The molecule has 3 rings (SSSR count). The molecule has 0 atom stereocenters. The molecule has 0 aromatic carbocycles. The van der Waals surface area contributed by atoms with E-state index in [9.17, 15) is 14.4 Å². The van der Waals surface area contributed by atoms with Crippen molar-refractivity contribution in [2.24, 2.45) is 0 Å². The fourth-order valence-corrected chi connectivity index (χ4v) is 4.19. The van der Waals surface area contributed by atoms with E-state index in [1.165, 1.54) is 6.08 Å². The summed E-state index contributed by atoms with van der Waals surface area (Å²) < 4.78 is 0. The van der Waals surface area contributed by atoms with Crippen LogP contribution in [0.25, 0.3) is 0 Å². The fourth-order valence-electron chi connectivity index (χ4n) is 2.95. The molecule has 0 saturated carbocycles. The molecule has 0 unspecified atom stereocenters. The number of likely N-dealkylation sites (N-methyl/N-ethyl adjacent to an activating group) is 1. The van der Waals surface area contributed by atoms with E-state index in [0.717, 1.165) is 21.9 Å². The van der Waals surface area contributed by atoms with Crippen LogP contribution in [0.5, 0.6) is 0 Å². The van der Waals surface area contributed by atoms with E-state index < -0.39 is 0 Å². The third kappa shape index (κ3) is 3.91. The lowest BCUT2D eigenvalue weighted by Crippen LogP contribution is -2.51. The number of hydrogen-bond acceptors (Lipinski definition) is 5. The lowest BCUT2D eigenvalue weighted by atomic mass is 10.2. The summed E-state index contributed by atoms with van der Waals surface area (Å²) >= 11 is 1.56. The number of amides is 3. The van der Waals surface area contributed by atoms with E-state index in [0.29, 0.717) is 32.7 Å². The zero-order chi connectivity index (χ0) is 18.0. The molecule has 1 aromatic rings. The highest BCUT2D eigenvalue weighted by Crippen LogP contribution is 2.36. The van der Waals surface area contributed by atoms with Gasteiger partial charge in [-0.25, -0.2) is 0 Å². The molecule has 7 nitrogen and oxygen atoms in total. The minimum atomic E-state index is -0.120. The minimum absolute atomic E-state index is 0.0622. The smallest absolute Gasteiger partial charge is 0.247 e. The Hall–Kier alpha value is -2.19. The standard InChI is InChI=1S/C17H22N4O3S/c1-18(2)5-3-4-15(23)20-6-7-21(16(24)11-20)17-8-13-9-19(12-22)10-14(13)25-17/h3-4,8,12H,5-7,9-11H2,1-2H3/b4-3+. The van der Waals surface area contributed by atoms with Gasteiger partial charge < -0.3 is 19.6 Å². The monoisotopic (exact) mass is 362 g/mol. The van der Waals surface area contributed by atoms with Gasteiger partial charge in [-0.3, -0.25) is 14.4 Å². The molecule has 25 heavy (non-hydrogen) atoms. The fraction of sp³-hybridized carbons (Fsp3) is 0.471. The second-order valence-electron chi connectivity index (χ2n) is 6.51. The lowest BCUT2D eigenvalue weighted by molar-refractivity contribution is -0.133. The number of thiophene rings is 1. The average molecular weight is 362 g/mol. The van der Waals surface area contributed by atoms with Gasteiger partial charge in [0.25, 0.3) is 0 Å². The number of hydrogen-bond donors (Lipinski definition) is 0. The van der Waals surface area contributed by atoms with Crippen LogP contribution in [0.4, 0.5) is 5.00 Å². The number of fused-ring (bicyclic) bond motifs is 1. The Bertz CT molecular complexity index is 689. The molecule has 134 valence electrons. The Labute approximate surface area is 151 Å². The predicted octanol–water partition coefficient (Wildman–Crippen LogP) is 0.513. The molecule has 0 bridgehead atoms. The molecular weight excluding hydrogens is 340 g/mol. The Kier molecular flexibility index (Phi) is 5.19. The van der Waals surface area contributed by atoms with Crippen LogP contribution in [0.15, 0.2) is 18.2 Å². The molecule has 0 radical (unpaired) electrons. The molecule has 1 aromatic heterocycles. The molecule has 3 amide bonds. The van der Waals surface area contributed by atoms with Crippen molar-refractivity contribution in [1.29, 1.82) is 0 Å². The van der Waals surface area contributed by atoms with Gasteiger partial charge >= 0.3 is 0 Å². The van der Waals surface area contributed by atoms with E-state index in [2.05, 4.69) is 0 Å². The van der Waals surface area contributed by atoms with Gasteiger partial charge in [0.1, 0.15) is 6.54 Å². The van der Waals surface area contributed by atoms with Crippen molar-refractivity contribution in [3.8, 4) is 0 Å². The second-order valence-corrected chi connectivity index (χ2v) is 7.63. The summed E-state index contributed by atoms with van der Waals surface area (Å²) in [6.07, 6.45) is 4.20. The van der Waals surface area contributed by atoms with E-state index in [-0.39, 0.29) is 18.4 Å². The first-order valence-corrected chi connectivity index (χ1v) is 9.01. The van der Waals surface area contributed by atoms with Crippen molar-refractivity contribution in [2.45, 2.75) is 13.1 Å². The van der Waals surface area contributed by atoms with Crippen molar-refractivity contribution in [1.82, 2.24) is 14.7 Å². The predicted molar refractivity (Wildman–Crippen MR) is 96.3 cm³/mol. The van der Waals surface area contributed by atoms with Crippen molar-refractivity contribution >= 4 is 34.6 Å². The first-order valence-electron chi connectivity index (χ1n) is 8.19. The van der Waals surface area contributed by atoms with Gasteiger partial charge in [0.2, 0.25) is 18.2 Å². The quantitative estimate of drug-likeness (QED) is 0.566. The number of anilines is 1. The first-order chi connectivity index (χ1) is 12.0. The van der Waals surface area contributed by atoms with Crippen LogP contribution in [0.3, 0.4) is 0 Å². The van der Waals surface area contributed by atoms with Crippen LogP contribution in [-0.4, -0.2) is 73.2 Å². The normalized spacial score (nSPS) is 17.7. The van der Waals surface area contributed by atoms with Gasteiger partial charge in [-0.15, -0.1) is 11.3 Å². The van der Waals surface area contributed by atoms with Gasteiger partial charge in [-0.1, -0.05) is 6.08 Å². The molecule has 1 saturated heterocycles. The highest BCUT2D eigenvalue weighted by molar-refractivity contribution is 7.16. The van der Waals surface area contributed by atoms with Gasteiger partial charge in [0.05, 0.1) is 11.5 Å². The Morgan fingerprint density at radius 3 is 2.72 bits per heavy atom. The molecule has 8 heteroatoms. The highest BCUT2D eigenvalue weighted by atomic mass is 32.1. The number of carbonyl (C=O) groups is 3. The lowest BCUT2D eigenvalue weighted by Gasteiger charge is -2.33. The molecule has 3 heterocycles. The summed E-state index contributed by atoms with van der Waals surface area (Å²) in [7, 11) is 3.87. The van der Waals surface area contributed by atoms with E-state index in [1.54, 1.807) is 26.0 Å². The van der Waals surface area contributed by atoms with E-state index in [4.69, 9.17) is 0 Å². The molecule has 2 aliphatic heterocycles. The number of piperazine rings is 1. The summed E-state index contributed by atoms with van der Waals surface area (Å²) in [4.78, 5) is 43.6. The summed E-state index contributed by atoms with van der Waals surface area (Å²) in [6, 6.07) is 2.00. The maximum atomic E-state index is 12.5. The average Bonchev–Trinajstić information content (AvgIpc) is 3.12. The number of nitrogens with zero attached hydrogens (tertiary/aromatic N) is 4. The summed E-state index contributed by atoms with van der Waals surface area (Å²) in [5.74, 6) is -0.182. The molecule has 2 aliphatic rings. The van der Waals surface area contributed by atoms with Gasteiger partial charge in [0, 0.05) is 37.1 Å². The molecule has 1 fully saturated rings. The van der Waals surface area contributed by atoms with Crippen LogP contribution in [-0.2, 0) is 27.5 Å². The number of rotatable bonds is 5. The van der Waals surface area contributed by atoms with Crippen molar-refractivity contribution in [2.75, 3.05) is 45.2 Å². The largest absolute Gasteiger partial charge is 0.336 e. The Morgan fingerprint density at radius 1 is 1.28 bits per heavy atom. The van der Waals surface area contributed by atoms with Crippen LogP contribution in [0.2, 0.25) is 0 Å². The second kappa shape index (κ2) is 7.37. The maximum Gasteiger partial charge on any atom is 0.247 e. The van der Waals surface area contributed by atoms with Gasteiger partial charge in [-0.2, -0.15) is 0 Å². The third-order valence-corrected chi connectivity index (χ3v) is 5.47. The minimum Gasteiger partial charge on any atom is -0.336 e. The van der Waals surface area contributed by atoms with E-state index in [1.807, 2.05) is 31.1 Å². The summed E-state index contributed by atoms with van der Waals surface area (Å²) in [5.41, 5.74) is 1.12. The van der Waals surface area contributed by atoms with Crippen LogP contribution >= 0.6 is 11.3 Å². The van der Waals surface area contributed by atoms with Crippen molar-refractivity contribution in [3.05, 3.63) is 28.7 Å². The molecular formula is C17H22N4O3S. The van der Waals surface area contributed by atoms with Gasteiger partial charge in [0.15, 0.2) is 0 Å². The Balaban J connectivity index is 1.59. The third-order valence-electron chi connectivity index (χ3n) is 4.28. The van der Waals surface area contributed by atoms with Crippen molar-refractivity contribution < 1.29 is 14.4 Å². The first kappa shape index (κ1) is 17.6. The zero-order valence-electron chi connectivity index (χ0n) is 14.5. The maximum absolute atomic E-state index is 12.5. The SMILES string of the molecule is CN(C)C/C=C/C(=O)N1CCN(c2cc3c(s2)CN(C=O)C3)C(=O)C1. The molecule has 0 aliphatic carbocycles. The van der Waals surface area contributed by atoms with E-state index >= 15 is 0 Å². The van der Waals surface area contributed by atoms with Gasteiger partial charge in [-0.05, 0) is 25.7 Å².